The molecule has 6 nitrogen and oxygen atoms in total. The van der Waals surface area contributed by atoms with Crippen molar-refractivity contribution >= 4 is 23.2 Å². The molecule has 5 rings (SSSR count). The molecule has 0 radical (unpaired) electrons. The molecule has 34 heavy (non-hydrogen) atoms. The fraction of sp³-hybridized carbons (Fsp3) is 0.357. The highest BCUT2D eigenvalue weighted by atomic mass is 16.2. The zero-order valence-electron chi connectivity index (χ0n) is 20.1. The van der Waals surface area contributed by atoms with Crippen molar-refractivity contribution in [3.63, 3.8) is 0 Å². The van der Waals surface area contributed by atoms with Crippen molar-refractivity contribution in [2.75, 3.05) is 11.4 Å². The SMILES string of the molecule is Cc1cc(C)c(/C=C2\C(=O)N(CC3CCC(N)CC3)c3cc(-c4cccn(C)c4=O)ccc32)[nH]1. The summed E-state index contributed by atoms with van der Waals surface area (Å²) >= 11 is 0. The quantitative estimate of drug-likeness (QED) is 0.571. The third-order valence-corrected chi connectivity index (χ3v) is 7.30. The number of hydrogen-bond donors (Lipinski definition) is 2. The smallest absolute Gasteiger partial charge is 0.259 e. The monoisotopic (exact) mass is 456 g/mol. The van der Waals surface area contributed by atoms with Crippen LogP contribution in [0.3, 0.4) is 0 Å². The van der Waals surface area contributed by atoms with Crippen LogP contribution in [-0.2, 0) is 11.8 Å². The summed E-state index contributed by atoms with van der Waals surface area (Å²) in [7, 11) is 1.75. The Labute approximate surface area is 200 Å². The number of nitrogens with one attached hydrogen (secondary N) is 1. The third-order valence-electron chi connectivity index (χ3n) is 7.30. The maximum absolute atomic E-state index is 13.7. The number of nitrogens with zero attached hydrogens (tertiary/aromatic N) is 2. The Balaban J connectivity index is 1.59. The molecule has 2 aromatic heterocycles. The number of carbonyl (C=O) groups excluding carboxylic acids is 1. The molecule has 0 unspecified atom stereocenters. The van der Waals surface area contributed by atoms with Gasteiger partial charge in [0.2, 0.25) is 0 Å². The number of H-pyrrole nitrogens is 1. The molecule has 3 heterocycles. The van der Waals surface area contributed by atoms with Crippen molar-refractivity contribution < 1.29 is 4.79 Å². The number of fused-ring (bicyclic) bond motifs is 1. The Bertz CT molecular complexity index is 1340. The van der Waals surface area contributed by atoms with Crippen LogP contribution < -0.4 is 16.2 Å². The second-order valence-electron chi connectivity index (χ2n) is 9.87. The highest BCUT2D eigenvalue weighted by Crippen LogP contribution is 2.41. The maximum atomic E-state index is 13.7. The summed E-state index contributed by atoms with van der Waals surface area (Å²) in [5.41, 5.74) is 13.2. The Morgan fingerprint density at radius 2 is 1.82 bits per heavy atom. The average Bonchev–Trinajstić information content (AvgIpc) is 3.27. The Hall–Kier alpha value is -3.38. The summed E-state index contributed by atoms with van der Waals surface area (Å²) < 4.78 is 1.58. The molecule has 3 N–H and O–H groups in total. The number of aromatic amines is 1. The molecule has 176 valence electrons. The van der Waals surface area contributed by atoms with Gasteiger partial charge in [-0.25, -0.2) is 0 Å². The van der Waals surface area contributed by atoms with Gasteiger partial charge >= 0.3 is 0 Å². The number of amides is 1. The fourth-order valence-electron chi connectivity index (χ4n) is 5.33. The van der Waals surface area contributed by atoms with Gasteiger partial charge < -0.3 is 20.2 Å². The van der Waals surface area contributed by atoms with E-state index in [9.17, 15) is 9.59 Å². The first kappa shape index (κ1) is 22.4. The van der Waals surface area contributed by atoms with Crippen molar-refractivity contribution in [2.45, 2.75) is 45.6 Å². The standard InChI is InChI=1S/C28H32N4O2/c1-17-13-18(2)30-25(17)15-24-23-11-8-20(22-5-4-12-31(3)27(22)33)14-26(23)32(28(24)34)16-19-6-9-21(29)10-7-19/h4-5,8,11-15,19,21,30H,6-7,9-10,16,29H2,1-3H3/b24-15-. The highest BCUT2D eigenvalue weighted by Gasteiger charge is 2.35. The van der Waals surface area contributed by atoms with Crippen LogP contribution in [0.4, 0.5) is 5.69 Å². The number of anilines is 1. The van der Waals surface area contributed by atoms with Gasteiger partial charge in [0.25, 0.3) is 11.5 Å². The van der Waals surface area contributed by atoms with E-state index in [2.05, 4.69) is 11.1 Å². The number of pyridine rings is 1. The van der Waals surface area contributed by atoms with E-state index in [1.54, 1.807) is 17.8 Å². The molecule has 3 aromatic rings. The molecule has 1 amide bonds. The van der Waals surface area contributed by atoms with E-state index in [1.165, 1.54) is 0 Å². The normalized spacial score (nSPS) is 21.4. The molecule has 1 aliphatic heterocycles. The van der Waals surface area contributed by atoms with E-state index in [0.717, 1.165) is 59.4 Å². The summed E-state index contributed by atoms with van der Waals surface area (Å²) in [6.45, 7) is 4.74. The minimum atomic E-state index is -0.0483. The largest absolute Gasteiger partial charge is 0.359 e. The summed E-state index contributed by atoms with van der Waals surface area (Å²) in [4.78, 5) is 31.8. The van der Waals surface area contributed by atoms with Crippen LogP contribution in [0, 0.1) is 19.8 Å². The van der Waals surface area contributed by atoms with E-state index >= 15 is 0 Å². The van der Waals surface area contributed by atoms with Crippen molar-refractivity contribution in [3.8, 4) is 11.1 Å². The highest BCUT2D eigenvalue weighted by molar-refractivity contribution is 6.36. The van der Waals surface area contributed by atoms with Gasteiger partial charge in [-0.3, -0.25) is 9.59 Å². The second-order valence-corrected chi connectivity index (χ2v) is 9.87. The van der Waals surface area contributed by atoms with Crippen molar-refractivity contribution in [3.05, 3.63) is 75.5 Å². The molecular weight excluding hydrogens is 424 g/mol. The lowest BCUT2D eigenvalue weighted by Crippen LogP contribution is -2.36. The number of aromatic nitrogens is 2. The van der Waals surface area contributed by atoms with Gasteiger partial charge in [-0.1, -0.05) is 12.1 Å². The second kappa shape index (κ2) is 8.76. The Kier molecular flexibility index (Phi) is 5.78. The van der Waals surface area contributed by atoms with E-state index < -0.39 is 0 Å². The minimum absolute atomic E-state index is 0.0228. The van der Waals surface area contributed by atoms with Crippen molar-refractivity contribution in [1.29, 1.82) is 0 Å². The van der Waals surface area contributed by atoms with Gasteiger partial charge in [-0.05, 0) is 86.9 Å². The number of nitrogens with two attached hydrogens (primary N) is 1. The molecule has 1 fully saturated rings. The maximum Gasteiger partial charge on any atom is 0.259 e. The van der Waals surface area contributed by atoms with E-state index in [4.69, 9.17) is 5.73 Å². The van der Waals surface area contributed by atoms with Crippen LogP contribution >= 0.6 is 0 Å². The third kappa shape index (κ3) is 4.03. The fourth-order valence-corrected chi connectivity index (χ4v) is 5.33. The molecule has 1 saturated carbocycles. The molecule has 2 aliphatic rings. The Morgan fingerprint density at radius 3 is 2.53 bits per heavy atom. The molecule has 1 aromatic carbocycles. The number of benzene rings is 1. The van der Waals surface area contributed by atoms with Gasteiger partial charge in [-0.2, -0.15) is 0 Å². The van der Waals surface area contributed by atoms with E-state index in [-0.39, 0.29) is 17.5 Å². The van der Waals surface area contributed by atoms with Crippen LogP contribution in [0.25, 0.3) is 22.8 Å². The first-order valence-corrected chi connectivity index (χ1v) is 12.1. The van der Waals surface area contributed by atoms with Gasteiger partial charge in [0.15, 0.2) is 0 Å². The lowest BCUT2D eigenvalue weighted by atomic mass is 9.86. The minimum Gasteiger partial charge on any atom is -0.359 e. The molecule has 0 saturated heterocycles. The molecule has 0 bridgehead atoms. The topological polar surface area (TPSA) is 84.1 Å². The molecular formula is C28H32N4O2. The van der Waals surface area contributed by atoms with Crippen molar-refractivity contribution in [1.82, 2.24) is 9.55 Å². The zero-order valence-corrected chi connectivity index (χ0v) is 20.1. The van der Waals surface area contributed by atoms with E-state index in [0.29, 0.717) is 23.6 Å². The number of carbonyl (C=O) groups is 1. The molecule has 1 aliphatic carbocycles. The zero-order chi connectivity index (χ0) is 24.0. The predicted octanol–water partition coefficient (Wildman–Crippen LogP) is 4.40. The predicted molar refractivity (Wildman–Crippen MR) is 138 cm³/mol. The summed E-state index contributed by atoms with van der Waals surface area (Å²) in [5.74, 6) is 0.452. The van der Waals surface area contributed by atoms with Crippen LogP contribution in [-0.4, -0.2) is 28.0 Å². The van der Waals surface area contributed by atoms with Gasteiger partial charge in [0.1, 0.15) is 0 Å². The number of hydrogen-bond acceptors (Lipinski definition) is 3. The number of rotatable bonds is 4. The first-order chi connectivity index (χ1) is 16.3. The lowest BCUT2D eigenvalue weighted by molar-refractivity contribution is -0.113. The van der Waals surface area contributed by atoms with Gasteiger partial charge in [0, 0.05) is 48.3 Å². The van der Waals surface area contributed by atoms with Crippen LogP contribution in [0.1, 0.15) is 48.2 Å². The van der Waals surface area contributed by atoms with Crippen LogP contribution in [0.2, 0.25) is 0 Å². The molecule has 0 atom stereocenters. The van der Waals surface area contributed by atoms with Crippen LogP contribution in [0.5, 0.6) is 0 Å². The molecule has 0 spiro atoms. The molecule has 6 heteroatoms. The summed E-state index contributed by atoms with van der Waals surface area (Å²) in [6.07, 6.45) is 7.80. The Morgan fingerprint density at radius 1 is 1.06 bits per heavy atom. The first-order valence-electron chi connectivity index (χ1n) is 12.1. The van der Waals surface area contributed by atoms with E-state index in [1.807, 2.05) is 55.2 Å². The van der Waals surface area contributed by atoms with Gasteiger partial charge in [0.05, 0.1) is 11.3 Å². The van der Waals surface area contributed by atoms with Gasteiger partial charge in [-0.15, -0.1) is 0 Å². The number of aryl methyl sites for hydroxylation is 3. The average molecular weight is 457 g/mol. The summed E-state index contributed by atoms with van der Waals surface area (Å²) in [6, 6.07) is 12.0. The summed E-state index contributed by atoms with van der Waals surface area (Å²) in [5, 5.41) is 0. The van der Waals surface area contributed by atoms with Crippen LogP contribution in [0.15, 0.2) is 47.4 Å². The lowest BCUT2D eigenvalue weighted by Gasteiger charge is -2.30. The van der Waals surface area contributed by atoms with Crippen molar-refractivity contribution in [2.24, 2.45) is 18.7 Å².